The highest BCUT2D eigenvalue weighted by atomic mass is 16.5. The van der Waals surface area contributed by atoms with E-state index in [2.05, 4.69) is 13.0 Å². The van der Waals surface area contributed by atoms with Crippen molar-refractivity contribution in [2.45, 2.75) is 32.8 Å². The van der Waals surface area contributed by atoms with Crippen LogP contribution in [0.2, 0.25) is 0 Å². The lowest BCUT2D eigenvalue weighted by molar-refractivity contribution is 0.0452. The van der Waals surface area contributed by atoms with Crippen LogP contribution in [0.4, 0.5) is 0 Å². The molecule has 1 aromatic carbocycles. The Labute approximate surface area is 97.2 Å². The molecule has 0 amide bonds. The van der Waals surface area contributed by atoms with Crippen LogP contribution >= 0.6 is 0 Å². The van der Waals surface area contributed by atoms with Gasteiger partial charge in [-0.05, 0) is 38.0 Å². The summed E-state index contributed by atoms with van der Waals surface area (Å²) in [5, 5.41) is 9.72. The van der Waals surface area contributed by atoms with E-state index in [1.54, 1.807) is 6.92 Å². The third-order valence-corrected chi connectivity index (χ3v) is 2.89. The Kier molecular flexibility index (Phi) is 4.33. The zero-order chi connectivity index (χ0) is 12.2. The van der Waals surface area contributed by atoms with Crippen molar-refractivity contribution in [2.24, 2.45) is 5.73 Å². The second kappa shape index (κ2) is 5.32. The Morgan fingerprint density at radius 2 is 2.06 bits per heavy atom. The largest absolute Gasteiger partial charge is 0.493 e. The number of aliphatic hydroxyl groups is 1. The summed E-state index contributed by atoms with van der Waals surface area (Å²) in [6, 6.07) is 5.97. The van der Waals surface area contributed by atoms with Crippen molar-refractivity contribution in [3.8, 4) is 5.75 Å². The van der Waals surface area contributed by atoms with E-state index in [1.807, 2.05) is 19.1 Å². The van der Waals surface area contributed by atoms with Crippen LogP contribution < -0.4 is 10.5 Å². The quantitative estimate of drug-likeness (QED) is 0.800. The summed E-state index contributed by atoms with van der Waals surface area (Å²) in [6.07, 6.45) is 0.539. The van der Waals surface area contributed by atoms with E-state index in [1.165, 1.54) is 5.56 Å². The summed E-state index contributed by atoms with van der Waals surface area (Å²) in [7, 11) is 0. The highest BCUT2D eigenvalue weighted by Crippen LogP contribution is 2.21. The van der Waals surface area contributed by atoms with E-state index in [9.17, 15) is 5.11 Å². The van der Waals surface area contributed by atoms with Crippen LogP contribution in [-0.2, 0) is 0 Å². The Bertz CT molecular complexity index is 348. The molecular formula is C13H21NO2. The normalized spacial score (nSPS) is 14.6. The smallest absolute Gasteiger partial charge is 0.122 e. The minimum Gasteiger partial charge on any atom is -0.493 e. The van der Waals surface area contributed by atoms with Crippen LogP contribution in [0.15, 0.2) is 18.2 Å². The summed E-state index contributed by atoms with van der Waals surface area (Å²) in [5.74, 6) is 0.882. The van der Waals surface area contributed by atoms with E-state index in [0.29, 0.717) is 13.0 Å². The Hall–Kier alpha value is -1.06. The molecule has 0 heterocycles. The molecule has 0 fully saturated rings. The molecule has 0 saturated heterocycles. The fourth-order valence-electron chi connectivity index (χ4n) is 1.36. The van der Waals surface area contributed by atoms with Gasteiger partial charge >= 0.3 is 0 Å². The molecule has 0 aliphatic heterocycles. The van der Waals surface area contributed by atoms with Gasteiger partial charge in [-0.2, -0.15) is 0 Å². The lowest BCUT2D eigenvalue weighted by Crippen LogP contribution is -2.35. The molecule has 3 nitrogen and oxygen atoms in total. The van der Waals surface area contributed by atoms with E-state index >= 15 is 0 Å². The lowest BCUT2D eigenvalue weighted by atomic mass is 10.0. The van der Waals surface area contributed by atoms with Crippen LogP contribution in [-0.4, -0.2) is 23.9 Å². The highest BCUT2D eigenvalue weighted by Gasteiger charge is 2.17. The SMILES string of the molecule is Cc1cccc(OCCC(C)(O)CN)c1C. The highest BCUT2D eigenvalue weighted by molar-refractivity contribution is 5.38. The summed E-state index contributed by atoms with van der Waals surface area (Å²) in [4.78, 5) is 0. The molecule has 1 rings (SSSR count). The minimum atomic E-state index is -0.836. The molecule has 1 aromatic rings. The van der Waals surface area contributed by atoms with Crippen molar-refractivity contribution < 1.29 is 9.84 Å². The first kappa shape index (κ1) is 13.0. The molecule has 0 saturated carbocycles. The van der Waals surface area contributed by atoms with Crippen molar-refractivity contribution >= 4 is 0 Å². The van der Waals surface area contributed by atoms with E-state index in [0.717, 1.165) is 11.3 Å². The van der Waals surface area contributed by atoms with Crippen LogP contribution in [0.3, 0.4) is 0 Å². The number of benzene rings is 1. The second-order valence-corrected chi connectivity index (χ2v) is 4.50. The number of nitrogens with two attached hydrogens (primary N) is 1. The number of hydrogen-bond acceptors (Lipinski definition) is 3. The number of ether oxygens (including phenoxy) is 1. The molecule has 1 unspecified atom stereocenters. The van der Waals surface area contributed by atoms with Gasteiger partial charge in [0.25, 0.3) is 0 Å². The van der Waals surface area contributed by atoms with Gasteiger partial charge in [-0.25, -0.2) is 0 Å². The monoisotopic (exact) mass is 223 g/mol. The summed E-state index contributed by atoms with van der Waals surface area (Å²) >= 11 is 0. The maximum atomic E-state index is 9.72. The summed E-state index contributed by atoms with van der Waals surface area (Å²) in [5.41, 5.74) is 6.96. The number of rotatable bonds is 5. The molecular weight excluding hydrogens is 202 g/mol. The van der Waals surface area contributed by atoms with Gasteiger partial charge in [-0.3, -0.25) is 0 Å². The molecule has 0 aliphatic rings. The zero-order valence-electron chi connectivity index (χ0n) is 10.3. The molecule has 90 valence electrons. The van der Waals surface area contributed by atoms with Gasteiger partial charge in [-0.1, -0.05) is 12.1 Å². The third kappa shape index (κ3) is 3.51. The minimum absolute atomic E-state index is 0.253. The Balaban J connectivity index is 2.53. The maximum Gasteiger partial charge on any atom is 0.122 e. The fourth-order valence-corrected chi connectivity index (χ4v) is 1.36. The molecule has 0 radical (unpaired) electrons. The van der Waals surface area contributed by atoms with E-state index in [4.69, 9.17) is 10.5 Å². The van der Waals surface area contributed by atoms with Crippen molar-refractivity contribution in [1.82, 2.24) is 0 Å². The zero-order valence-corrected chi connectivity index (χ0v) is 10.3. The third-order valence-electron chi connectivity index (χ3n) is 2.89. The molecule has 0 aromatic heterocycles. The Morgan fingerprint density at radius 3 is 2.69 bits per heavy atom. The van der Waals surface area contributed by atoms with Crippen molar-refractivity contribution in [3.63, 3.8) is 0 Å². The first-order valence-corrected chi connectivity index (χ1v) is 5.58. The van der Waals surface area contributed by atoms with E-state index in [-0.39, 0.29) is 6.54 Å². The lowest BCUT2D eigenvalue weighted by Gasteiger charge is -2.21. The van der Waals surface area contributed by atoms with E-state index < -0.39 is 5.60 Å². The Morgan fingerprint density at radius 1 is 1.38 bits per heavy atom. The fraction of sp³-hybridized carbons (Fsp3) is 0.538. The van der Waals surface area contributed by atoms with Crippen LogP contribution in [0.1, 0.15) is 24.5 Å². The predicted molar refractivity (Wildman–Crippen MR) is 65.7 cm³/mol. The number of hydrogen-bond donors (Lipinski definition) is 2. The van der Waals surface area contributed by atoms with Crippen LogP contribution in [0.25, 0.3) is 0 Å². The van der Waals surface area contributed by atoms with Gasteiger partial charge in [0.05, 0.1) is 12.2 Å². The van der Waals surface area contributed by atoms with Gasteiger partial charge < -0.3 is 15.6 Å². The molecule has 0 spiro atoms. The predicted octanol–water partition coefficient (Wildman–Crippen LogP) is 1.78. The number of aryl methyl sites for hydroxylation is 1. The van der Waals surface area contributed by atoms with Crippen molar-refractivity contribution in [3.05, 3.63) is 29.3 Å². The second-order valence-electron chi connectivity index (χ2n) is 4.50. The first-order chi connectivity index (χ1) is 7.46. The maximum absolute atomic E-state index is 9.72. The van der Waals surface area contributed by atoms with Gasteiger partial charge in [0.1, 0.15) is 5.75 Å². The van der Waals surface area contributed by atoms with Crippen LogP contribution in [0.5, 0.6) is 5.75 Å². The molecule has 3 heteroatoms. The summed E-state index contributed by atoms with van der Waals surface area (Å²) in [6.45, 7) is 6.54. The van der Waals surface area contributed by atoms with Crippen LogP contribution in [0, 0.1) is 13.8 Å². The molecule has 1 atom stereocenters. The van der Waals surface area contributed by atoms with Gasteiger partial charge in [0.2, 0.25) is 0 Å². The molecule has 0 aliphatic carbocycles. The standard InChI is InChI=1S/C13H21NO2/c1-10-5-4-6-12(11(10)2)16-8-7-13(3,15)9-14/h4-6,15H,7-9,14H2,1-3H3. The van der Waals surface area contributed by atoms with Gasteiger partial charge in [-0.15, -0.1) is 0 Å². The topological polar surface area (TPSA) is 55.5 Å². The molecule has 0 bridgehead atoms. The first-order valence-electron chi connectivity index (χ1n) is 5.58. The van der Waals surface area contributed by atoms with Crippen molar-refractivity contribution in [1.29, 1.82) is 0 Å². The molecule has 16 heavy (non-hydrogen) atoms. The molecule has 3 N–H and O–H groups in total. The summed E-state index contributed by atoms with van der Waals surface area (Å²) < 4.78 is 5.64. The average molecular weight is 223 g/mol. The van der Waals surface area contributed by atoms with Crippen molar-refractivity contribution in [2.75, 3.05) is 13.2 Å². The van der Waals surface area contributed by atoms with Gasteiger partial charge in [0, 0.05) is 13.0 Å². The van der Waals surface area contributed by atoms with Gasteiger partial charge in [0.15, 0.2) is 0 Å². The average Bonchev–Trinajstić information content (AvgIpc) is 2.24.